The monoisotopic (exact) mass is 448 g/mol. The zero-order valence-electron chi connectivity index (χ0n) is 19.6. The minimum atomic E-state index is -0.250. The van der Waals surface area contributed by atoms with Gasteiger partial charge in [0.2, 0.25) is 0 Å². The Bertz CT molecular complexity index is 1060. The number of rotatable bonds is 3. The van der Waals surface area contributed by atoms with Gasteiger partial charge in [-0.3, -0.25) is 9.78 Å². The molecule has 5 rings (SSSR count). The first kappa shape index (κ1) is 22.3. The lowest BCUT2D eigenvalue weighted by Crippen LogP contribution is -2.55. The highest BCUT2D eigenvalue weighted by Gasteiger charge is 2.58. The molecule has 3 aliphatic rings. The normalized spacial score (nSPS) is 35.2. The van der Waals surface area contributed by atoms with Gasteiger partial charge in [0.05, 0.1) is 11.6 Å². The molecule has 4 nitrogen and oxygen atoms in total. The Hall–Kier alpha value is -2.53. The van der Waals surface area contributed by atoms with E-state index >= 15 is 0 Å². The molecule has 1 saturated heterocycles. The number of benzene rings is 1. The molecular formula is C28H33FN2O2. The fourth-order valence-corrected chi connectivity index (χ4v) is 6.78. The molecule has 2 aliphatic carbocycles. The molecular weight excluding hydrogens is 415 g/mol. The summed E-state index contributed by atoms with van der Waals surface area (Å²) in [6, 6.07) is 10.7. The summed E-state index contributed by atoms with van der Waals surface area (Å²) in [4.78, 5) is 17.3. The van der Waals surface area contributed by atoms with E-state index in [0.29, 0.717) is 17.4 Å². The second-order valence-corrected chi connectivity index (χ2v) is 10.7. The van der Waals surface area contributed by atoms with Crippen LogP contribution in [0.4, 0.5) is 4.39 Å². The van der Waals surface area contributed by atoms with Crippen molar-refractivity contribution in [3.05, 3.63) is 60.2 Å². The van der Waals surface area contributed by atoms with E-state index in [-0.39, 0.29) is 47.1 Å². The van der Waals surface area contributed by atoms with Gasteiger partial charge < -0.3 is 10.5 Å². The first-order valence-corrected chi connectivity index (χ1v) is 12.1. The molecule has 2 saturated carbocycles. The topological polar surface area (TPSA) is 65.2 Å². The molecule has 5 heteroatoms. The van der Waals surface area contributed by atoms with Gasteiger partial charge in [-0.1, -0.05) is 44.2 Å². The summed E-state index contributed by atoms with van der Waals surface area (Å²) in [5.74, 6) is 0.953. The second kappa shape index (κ2) is 8.35. The van der Waals surface area contributed by atoms with Crippen molar-refractivity contribution in [3.63, 3.8) is 0 Å². The van der Waals surface area contributed by atoms with Crippen LogP contribution in [0.25, 0.3) is 17.2 Å². The van der Waals surface area contributed by atoms with Crippen molar-refractivity contribution < 1.29 is 13.9 Å². The zero-order valence-corrected chi connectivity index (χ0v) is 19.6. The maximum Gasteiger partial charge on any atom is 0.309 e. The minimum absolute atomic E-state index is 0.00819. The first-order chi connectivity index (χ1) is 15.8. The number of nitrogens with two attached hydrogens (primary N) is 1. The summed E-state index contributed by atoms with van der Waals surface area (Å²) < 4.78 is 19.8. The van der Waals surface area contributed by atoms with Crippen molar-refractivity contribution in [3.8, 4) is 11.1 Å². The van der Waals surface area contributed by atoms with E-state index in [9.17, 15) is 9.18 Å². The maximum atomic E-state index is 14.1. The Morgan fingerprint density at radius 1 is 1.18 bits per heavy atom. The molecule has 1 aromatic heterocycles. The second-order valence-electron chi connectivity index (χ2n) is 10.7. The Kier molecular flexibility index (Phi) is 5.64. The number of ether oxygens (including phenoxy) is 1. The van der Waals surface area contributed by atoms with E-state index in [1.807, 2.05) is 25.1 Å². The van der Waals surface area contributed by atoms with E-state index < -0.39 is 0 Å². The van der Waals surface area contributed by atoms with Crippen molar-refractivity contribution in [2.24, 2.45) is 40.7 Å². The summed E-state index contributed by atoms with van der Waals surface area (Å²) in [6.45, 7) is 6.56. The number of aromatic nitrogens is 1. The summed E-state index contributed by atoms with van der Waals surface area (Å²) in [7, 11) is 0. The highest BCUT2D eigenvalue weighted by Crippen LogP contribution is 2.58. The SMILES string of the molecule is C[C@H]1OC(=O)[C@@H]2C[C@H]3[C@@H](CCC(N)C3(C)C)[C@H](/C=C/c3ccc(-c4ccccc4F)cn3)[C@H]12. The number of carbonyl (C=O) groups is 1. The molecule has 3 fully saturated rings. The smallest absolute Gasteiger partial charge is 0.309 e. The Labute approximate surface area is 195 Å². The summed E-state index contributed by atoms with van der Waals surface area (Å²) in [5, 5.41) is 0. The van der Waals surface area contributed by atoms with E-state index in [1.54, 1.807) is 18.3 Å². The lowest BCUT2D eigenvalue weighted by Gasteiger charge is -2.55. The first-order valence-electron chi connectivity index (χ1n) is 12.1. The molecule has 2 aromatic rings. The maximum absolute atomic E-state index is 14.1. The predicted molar refractivity (Wildman–Crippen MR) is 127 cm³/mol. The number of hydrogen-bond acceptors (Lipinski definition) is 4. The molecule has 0 amide bonds. The molecule has 2 N–H and O–H groups in total. The van der Waals surface area contributed by atoms with Crippen molar-refractivity contribution in [2.45, 2.75) is 52.2 Å². The lowest BCUT2D eigenvalue weighted by molar-refractivity contribution is -0.145. The van der Waals surface area contributed by atoms with Crippen molar-refractivity contribution in [1.82, 2.24) is 4.98 Å². The van der Waals surface area contributed by atoms with Gasteiger partial charge in [0.25, 0.3) is 0 Å². The number of carbonyl (C=O) groups excluding carboxylic acids is 1. The highest BCUT2D eigenvalue weighted by atomic mass is 19.1. The summed E-state index contributed by atoms with van der Waals surface area (Å²) in [5.41, 5.74) is 8.66. The average Bonchev–Trinajstić information content (AvgIpc) is 3.08. The van der Waals surface area contributed by atoms with E-state index in [1.165, 1.54) is 6.07 Å². The van der Waals surface area contributed by atoms with Crippen molar-refractivity contribution in [1.29, 1.82) is 0 Å². The third-order valence-electron chi connectivity index (χ3n) is 8.76. The fourth-order valence-electron chi connectivity index (χ4n) is 6.78. The quantitative estimate of drug-likeness (QED) is 0.632. The fraction of sp³-hybridized carbons (Fsp3) is 0.500. The van der Waals surface area contributed by atoms with E-state index in [0.717, 1.165) is 30.5 Å². The molecule has 0 spiro atoms. The number of halogens is 1. The number of allylic oxidation sites excluding steroid dienone is 1. The Morgan fingerprint density at radius 2 is 1.97 bits per heavy atom. The van der Waals surface area contributed by atoms with E-state index in [2.05, 4.69) is 31.0 Å². The van der Waals surface area contributed by atoms with Gasteiger partial charge in [-0.05, 0) is 67.6 Å². The predicted octanol–water partition coefficient (Wildman–Crippen LogP) is 5.48. The lowest BCUT2D eigenvalue weighted by atomic mass is 9.50. The van der Waals surface area contributed by atoms with Crippen molar-refractivity contribution >= 4 is 12.0 Å². The molecule has 0 radical (unpaired) electrons. The number of pyridine rings is 1. The van der Waals surface area contributed by atoms with Gasteiger partial charge in [-0.15, -0.1) is 0 Å². The van der Waals surface area contributed by atoms with Crippen LogP contribution in [0.5, 0.6) is 0 Å². The van der Waals surface area contributed by atoms with Crippen LogP contribution in [0.2, 0.25) is 0 Å². The van der Waals surface area contributed by atoms with Crippen LogP contribution in [-0.4, -0.2) is 23.1 Å². The molecule has 2 heterocycles. The third-order valence-corrected chi connectivity index (χ3v) is 8.76. The van der Waals surface area contributed by atoms with Gasteiger partial charge in [0.1, 0.15) is 11.9 Å². The van der Waals surface area contributed by atoms with Gasteiger partial charge in [0.15, 0.2) is 0 Å². The van der Waals surface area contributed by atoms with Crippen LogP contribution in [0.3, 0.4) is 0 Å². The van der Waals surface area contributed by atoms with Crippen LogP contribution in [0, 0.1) is 40.8 Å². The standard InChI is InChI=1S/C28H33FN2O2/c1-16-26-21(11-10-18-9-8-17(15-31-18)19-6-4-5-7-24(19)29)20-12-13-25(30)28(2,3)23(20)14-22(26)27(32)33-16/h4-11,15-16,20-23,25-26H,12-14,30H2,1-3H3/b11-10+/t16-,20+,21+,22-,23+,25?,26+/m1/s1. The highest BCUT2D eigenvalue weighted by molar-refractivity contribution is 5.75. The molecule has 7 atom stereocenters. The number of nitrogens with zero attached hydrogens (tertiary/aromatic N) is 1. The zero-order chi connectivity index (χ0) is 23.3. The third kappa shape index (κ3) is 3.80. The summed E-state index contributed by atoms with van der Waals surface area (Å²) in [6.07, 6.45) is 8.92. The number of fused-ring (bicyclic) bond motifs is 2. The van der Waals surface area contributed by atoms with Gasteiger partial charge in [-0.2, -0.15) is 0 Å². The van der Waals surface area contributed by atoms with Crippen LogP contribution in [0.15, 0.2) is 48.7 Å². The molecule has 1 aromatic carbocycles. The van der Waals surface area contributed by atoms with Gasteiger partial charge in [0, 0.05) is 29.3 Å². The van der Waals surface area contributed by atoms with Crippen LogP contribution < -0.4 is 5.73 Å². The summed E-state index contributed by atoms with van der Waals surface area (Å²) >= 11 is 0. The number of hydrogen-bond donors (Lipinski definition) is 1. The molecule has 1 aliphatic heterocycles. The molecule has 33 heavy (non-hydrogen) atoms. The average molecular weight is 449 g/mol. The minimum Gasteiger partial charge on any atom is -0.462 e. The Balaban J connectivity index is 1.44. The Morgan fingerprint density at radius 3 is 2.70 bits per heavy atom. The van der Waals surface area contributed by atoms with E-state index in [4.69, 9.17) is 10.5 Å². The van der Waals surface area contributed by atoms with Crippen LogP contribution in [-0.2, 0) is 9.53 Å². The van der Waals surface area contributed by atoms with Gasteiger partial charge in [-0.25, -0.2) is 4.39 Å². The molecule has 174 valence electrons. The molecule has 0 bridgehead atoms. The van der Waals surface area contributed by atoms with Crippen LogP contribution >= 0.6 is 0 Å². The van der Waals surface area contributed by atoms with Gasteiger partial charge >= 0.3 is 5.97 Å². The molecule has 1 unspecified atom stereocenters. The largest absolute Gasteiger partial charge is 0.462 e. The number of cyclic esters (lactones) is 1. The van der Waals surface area contributed by atoms with Crippen molar-refractivity contribution in [2.75, 3.05) is 0 Å². The van der Waals surface area contributed by atoms with Crippen LogP contribution in [0.1, 0.15) is 45.7 Å². The number of esters is 1.